The second kappa shape index (κ2) is 5.22. The van der Waals surface area contributed by atoms with Crippen LogP contribution in [0, 0.1) is 6.92 Å². The van der Waals surface area contributed by atoms with Crippen molar-refractivity contribution in [2.45, 2.75) is 6.92 Å². The number of aromatic nitrogens is 2. The summed E-state index contributed by atoms with van der Waals surface area (Å²) in [6, 6.07) is 7.63. The molecule has 0 bridgehead atoms. The van der Waals surface area contributed by atoms with Crippen LogP contribution in [0.15, 0.2) is 28.7 Å². The van der Waals surface area contributed by atoms with E-state index in [1.54, 1.807) is 6.07 Å². The molecule has 0 aliphatic carbocycles. The van der Waals surface area contributed by atoms with Gasteiger partial charge in [0.2, 0.25) is 11.8 Å². The molecule has 5 nitrogen and oxygen atoms in total. The van der Waals surface area contributed by atoms with Gasteiger partial charge in [-0.2, -0.15) is 9.97 Å². The number of rotatable bonds is 3. The number of benzene rings is 1. The van der Waals surface area contributed by atoms with Crippen LogP contribution in [0.3, 0.4) is 0 Å². The van der Waals surface area contributed by atoms with Crippen molar-refractivity contribution in [3.63, 3.8) is 0 Å². The maximum Gasteiger partial charge on any atom is 0.225 e. The quantitative estimate of drug-likeness (QED) is 0.912. The molecule has 0 unspecified atom stereocenters. The summed E-state index contributed by atoms with van der Waals surface area (Å²) in [6.07, 6.45) is 0. The van der Waals surface area contributed by atoms with Gasteiger partial charge in [-0.1, -0.05) is 22.0 Å². The topological polar surface area (TPSA) is 73.1 Å². The molecule has 0 saturated heterocycles. The molecule has 1 aromatic carbocycles. The van der Waals surface area contributed by atoms with E-state index in [1.807, 2.05) is 25.1 Å². The highest BCUT2D eigenvalue weighted by Gasteiger charge is 2.04. The first-order chi connectivity index (χ1) is 8.58. The number of nitrogen functional groups attached to an aromatic ring is 1. The van der Waals surface area contributed by atoms with Crippen LogP contribution in [-0.4, -0.2) is 17.1 Å². The van der Waals surface area contributed by atoms with Crippen LogP contribution in [0.1, 0.15) is 5.56 Å². The number of hydrogen-bond donors (Lipinski definition) is 2. The predicted octanol–water partition coefficient (Wildman–Crippen LogP) is 2.88. The third kappa shape index (κ3) is 2.89. The number of nitrogens with zero attached hydrogens (tertiary/aromatic N) is 2. The van der Waals surface area contributed by atoms with Crippen molar-refractivity contribution in [2.75, 3.05) is 18.2 Å². The number of nitrogens with two attached hydrogens (primary N) is 1. The first kappa shape index (κ1) is 12.6. The Labute approximate surface area is 114 Å². The minimum atomic E-state index is 0.169. The van der Waals surface area contributed by atoms with E-state index in [1.165, 1.54) is 12.7 Å². The molecular weight excluding hydrogens is 296 g/mol. The number of ether oxygens (including phenoxy) is 1. The van der Waals surface area contributed by atoms with Gasteiger partial charge in [-0.3, -0.25) is 0 Å². The average Bonchev–Trinajstić information content (AvgIpc) is 2.33. The summed E-state index contributed by atoms with van der Waals surface area (Å²) in [7, 11) is 1.54. The largest absolute Gasteiger partial charge is 0.481 e. The van der Waals surface area contributed by atoms with Gasteiger partial charge in [-0.25, -0.2) is 0 Å². The molecular formula is C12H13BrN4O. The van der Waals surface area contributed by atoms with Gasteiger partial charge in [0.05, 0.1) is 7.11 Å². The minimum absolute atomic E-state index is 0.169. The molecule has 2 aromatic rings. The molecule has 2 rings (SSSR count). The number of hydrogen-bond acceptors (Lipinski definition) is 5. The lowest BCUT2D eigenvalue weighted by Gasteiger charge is -2.09. The summed E-state index contributed by atoms with van der Waals surface area (Å²) in [4.78, 5) is 8.01. The van der Waals surface area contributed by atoms with E-state index in [4.69, 9.17) is 10.5 Å². The second-order valence-electron chi connectivity index (χ2n) is 3.74. The van der Waals surface area contributed by atoms with E-state index in [2.05, 4.69) is 31.2 Å². The predicted molar refractivity (Wildman–Crippen MR) is 75.2 cm³/mol. The monoisotopic (exact) mass is 308 g/mol. The summed E-state index contributed by atoms with van der Waals surface area (Å²) in [6.45, 7) is 2.03. The van der Waals surface area contributed by atoms with Crippen molar-refractivity contribution in [1.29, 1.82) is 0 Å². The maximum absolute atomic E-state index is 5.59. The normalized spacial score (nSPS) is 10.2. The molecule has 0 atom stereocenters. The van der Waals surface area contributed by atoms with Gasteiger partial charge in [0.15, 0.2) is 0 Å². The molecule has 0 saturated carbocycles. The lowest BCUT2D eigenvalue weighted by molar-refractivity contribution is 0.398. The average molecular weight is 309 g/mol. The summed E-state index contributed by atoms with van der Waals surface area (Å²) >= 11 is 3.48. The highest BCUT2D eigenvalue weighted by Crippen LogP contribution is 2.24. The zero-order valence-corrected chi connectivity index (χ0v) is 11.7. The standard InChI is InChI=1S/C12H13BrN4O/c1-7-3-4-8(5-9(7)13)15-10-6-11(18-2)17-12(14)16-10/h3-6H,1-2H3,(H3,14,15,16,17). The van der Waals surface area contributed by atoms with E-state index in [-0.39, 0.29) is 5.95 Å². The highest BCUT2D eigenvalue weighted by atomic mass is 79.9. The fourth-order valence-electron chi connectivity index (χ4n) is 1.43. The van der Waals surface area contributed by atoms with E-state index < -0.39 is 0 Å². The van der Waals surface area contributed by atoms with E-state index in [0.717, 1.165) is 10.2 Å². The van der Waals surface area contributed by atoms with Crippen LogP contribution in [0.5, 0.6) is 5.88 Å². The van der Waals surface area contributed by atoms with Gasteiger partial charge in [-0.05, 0) is 24.6 Å². The molecule has 1 heterocycles. The molecule has 0 spiro atoms. The van der Waals surface area contributed by atoms with Crippen LogP contribution < -0.4 is 15.8 Å². The SMILES string of the molecule is COc1cc(Nc2ccc(C)c(Br)c2)nc(N)n1. The molecule has 0 amide bonds. The summed E-state index contributed by atoms with van der Waals surface area (Å²) < 4.78 is 6.07. The van der Waals surface area contributed by atoms with E-state index in [9.17, 15) is 0 Å². The zero-order valence-electron chi connectivity index (χ0n) is 10.1. The van der Waals surface area contributed by atoms with Crippen molar-refractivity contribution in [3.8, 4) is 5.88 Å². The van der Waals surface area contributed by atoms with E-state index in [0.29, 0.717) is 11.7 Å². The van der Waals surface area contributed by atoms with Crippen molar-refractivity contribution in [1.82, 2.24) is 9.97 Å². The van der Waals surface area contributed by atoms with Gasteiger partial charge in [0.25, 0.3) is 0 Å². The van der Waals surface area contributed by atoms with Crippen LogP contribution in [0.2, 0.25) is 0 Å². The van der Waals surface area contributed by atoms with Gasteiger partial charge >= 0.3 is 0 Å². The molecule has 0 fully saturated rings. The Balaban J connectivity index is 2.27. The number of methoxy groups -OCH3 is 1. The third-order valence-corrected chi connectivity index (χ3v) is 3.23. The summed E-state index contributed by atoms with van der Waals surface area (Å²) in [5.41, 5.74) is 7.67. The lowest BCUT2D eigenvalue weighted by atomic mass is 10.2. The molecule has 94 valence electrons. The maximum atomic E-state index is 5.59. The van der Waals surface area contributed by atoms with Crippen molar-refractivity contribution in [2.24, 2.45) is 0 Å². The smallest absolute Gasteiger partial charge is 0.225 e. The van der Waals surface area contributed by atoms with Crippen molar-refractivity contribution < 1.29 is 4.74 Å². The number of halogens is 1. The number of anilines is 3. The Hall–Kier alpha value is -1.82. The molecule has 1 aromatic heterocycles. The first-order valence-corrected chi connectivity index (χ1v) is 6.09. The molecule has 3 N–H and O–H groups in total. The van der Waals surface area contributed by atoms with Crippen molar-refractivity contribution in [3.05, 3.63) is 34.3 Å². The van der Waals surface area contributed by atoms with Crippen LogP contribution in [0.4, 0.5) is 17.5 Å². The van der Waals surface area contributed by atoms with Gasteiger partial charge in [-0.15, -0.1) is 0 Å². The molecule has 18 heavy (non-hydrogen) atoms. The third-order valence-electron chi connectivity index (χ3n) is 2.37. The molecule has 0 aliphatic heterocycles. The Morgan fingerprint density at radius 3 is 2.72 bits per heavy atom. The molecule has 0 radical (unpaired) electrons. The summed E-state index contributed by atoms with van der Waals surface area (Å²) in [5.74, 6) is 1.19. The second-order valence-corrected chi connectivity index (χ2v) is 4.60. The number of nitrogens with one attached hydrogen (secondary N) is 1. The Bertz CT molecular complexity index is 574. The van der Waals surface area contributed by atoms with Crippen LogP contribution >= 0.6 is 15.9 Å². The Morgan fingerprint density at radius 2 is 2.06 bits per heavy atom. The van der Waals surface area contributed by atoms with Gasteiger partial charge in [0.1, 0.15) is 5.82 Å². The van der Waals surface area contributed by atoms with Crippen LogP contribution in [-0.2, 0) is 0 Å². The Morgan fingerprint density at radius 1 is 1.28 bits per heavy atom. The van der Waals surface area contributed by atoms with Crippen LogP contribution in [0.25, 0.3) is 0 Å². The fraction of sp³-hybridized carbons (Fsp3) is 0.167. The first-order valence-electron chi connectivity index (χ1n) is 5.30. The van der Waals surface area contributed by atoms with Crippen molar-refractivity contribution >= 4 is 33.4 Å². The summed E-state index contributed by atoms with van der Waals surface area (Å²) in [5, 5.41) is 3.15. The van der Waals surface area contributed by atoms with E-state index >= 15 is 0 Å². The lowest BCUT2D eigenvalue weighted by Crippen LogP contribution is -2.01. The van der Waals surface area contributed by atoms with Gasteiger partial charge in [0, 0.05) is 16.2 Å². The Kier molecular flexibility index (Phi) is 3.66. The van der Waals surface area contributed by atoms with Gasteiger partial charge < -0.3 is 15.8 Å². The zero-order chi connectivity index (χ0) is 13.1. The number of aryl methyl sites for hydroxylation is 1. The highest BCUT2D eigenvalue weighted by molar-refractivity contribution is 9.10. The molecule has 6 heteroatoms. The minimum Gasteiger partial charge on any atom is -0.481 e. The molecule has 0 aliphatic rings. The fourth-order valence-corrected chi connectivity index (χ4v) is 1.81.